The van der Waals surface area contributed by atoms with Crippen LogP contribution in [0.25, 0.3) is 0 Å². The van der Waals surface area contributed by atoms with Crippen molar-refractivity contribution in [3.8, 4) is 0 Å². The molecule has 8 nitrogen and oxygen atoms in total. The molecule has 2 aromatic rings. The van der Waals surface area contributed by atoms with E-state index in [1.54, 1.807) is 18.0 Å². The highest BCUT2D eigenvalue weighted by Gasteiger charge is 2.26. The van der Waals surface area contributed by atoms with Gasteiger partial charge in [-0.15, -0.1) is 0 Å². The van der Waals surface area contributed by atoms with Crippen LogP contribution >= 0.6 is 0 Å². The zero-order valence-electron chi connectivity index (χ0n) is 14.4. The third-order valence-electron chi connectivity index (χ3n) is 4.21. The van der Waals surface area contributed by atoms with Gasteiger partial charge in [-0.3, -0.25) is 9.59 Å². The van der Waals surface area contributed by atoms with Crippen LogP contribution in [0.4, 0.5) is 0 Å². The molecule has 25 heavy (non-hydrogen) atoms. The fourth-order valence-corrected chi connectivity index (χ4v) is 2.90. The summed E-state index contributed by atoms with van der Waals surface area (Å²) in [6.45, 7) is 5.17. The summed E-state index contributed by atoms with van der Waals surface area (Å²) in [6.07, 6.45) is 4.23. The Bertz CT molecular complexity index is 820. The zero-order valence-corrected chi connectivity index (χ0v) is 14.4. The molecule has 1 fully saturated rings. The molecule has 1 saturated heterocycles. The van der Waals surface area contributed by atoms with Crippen LogP contribution in [-0.2, 0) is 11.2 Å². The second kappa shape index (κ2) is 7.52. The molecule has 0 radical (unpaired) electrons. The Balaban J connectivity index is 1.62. The number of ether oxygens (including phenoxy) is 1. The maximum Gasteiger partial charge on any atom is 0.257 e. The minimum absolute atomic E-state index is 0.0694. The van der Waals surface area contributed by atoms with Crippen molar-refractivity contribution in [2.45, 2.75) is 32.8 Å². The van der Waals surface area contributed by atoms with Gasteiger partial charge in [-0.1, -0.05) is 0 Å². The Labute approximate surface area is 145 Å². The first-order valence-electron chi connectivity index (χ1n) is 8.27. The van der Waals surface area contributed by atoms with Gasteiger partial charge in [-0.2, -0.15) is 0 Å². The average molecular weight is 343 g/mol. The minimum Gasteiger partial charge on any atom is -0.375 e. The molecule has 3 heterocycles. The fraction of sp³-hybridized carbons (Fsp3) is 0.471. The molecule has 0 saturated carbocycles. The topological polar surface area (TPSA) is 101 Å². The Morgan fingerprint density at radius 1 is 1.40 bits per heavy atom. The SMILES string of the molecule is Cc1ncc(C(=O)N2CCOC(CCc3cc(=O)[nH]cn3)C2)c(C)n1. The summed E-state index contributed by atoms with van der Waals surface area (Å²) in [6, 6.07) is 1.48. The van der Waals surface area contributed by atoms with Gasteiger partial charge >= 0.3 is 0 Å². The predicted octanol–water partition coefficient (Wildman–Crippen LogP) is 0.651. The molecule has 0 aromatic carbocycles. The maximum absolute atomic E-state index is 12.7. The smallest absolute Gasteiger partial charge is 0.257 e. The lowest BCUT2D eigenvalue weighted by Crippen LogP contribution is -2.46. The van der Waals surface area contributed by atoms with E-state index in [9.17, 15) is 9.59 Å². The number of rotatable bonds is 4. The summed E-state index contributed by atoms with van der Waals surface area (Å²) in [4.78, 5) is 40.8. The number of amides is 1. The predicted molar refractivity (Wildman–Crippen MR) is 90.3 cm³/mol. The van der Waals surface area contributed by atoms with Gasteiger partial charge in [-0.25, -0.2) is 15.0 Å². The van der Waals surface area contributed by atoms with Gasteiger partial charge in [0.25, 0.3) is 11.5 Å². The number of hydrogen-bond acceptors (Lipinski definition) is 6. The number of nitrogens with one attached hydrogen (secondary N) is 1. The number of H-pyrrole nitrogens is 1. The van der Waals surface area contributed by atoms with Gasteiger partial charge in [0.1, 0.15) is 5.82 Å². The Kier molecular flexibility index (Phi) is 5.18. The first-order valence-corrected chi connectivity index (χ1v) is 8.27. The monoisotopic (exact) mass is 343 g/mol. The number of aromatic amines is 1. The summed E-state index contributed by atoms with van der Waals surface area (Å²) in [7, 11) is 0. The quantitative estimate of drug-likeness (QED) is 0.875. The van der Waals surface area contributed by atoms with Crippen LogP contribution in [0.3, 0.4) is 0 Å². The Hall–Kier alpha value is -2.61. The Morgan fingerprint density at radius 2 is 2.24 bits per heavy atom. The van der Waals surface area contributed by atoms with E-state index in [-0.39, 0.29) is 17.6 Å². The number of carbonyl (C=O) groups is 1. The average Bonchev–Trinajstić information content (AvgIpc) is 2.60. The fourth-order valence-electron chi connectivity index (χ4n) is 2.90. The van der Waals surface area contributed by atoms with Crippen LogP contribution in [0, 0.1) is 13.8 Å². The lowest BCUT2D eigenvalue weighted by Gasteiger charge is -2.33. The van der Waals surface area contributed by atoms with Crippen molar-refractivity contribution in [1.29, 1.82) is 0 Å². The lowest BCUT2D eigenvalue weighted by atomic mass is 10.1. The van der Waals surface area contributed by atoms with Crippen LogP contribution in [-0.4, -0.2) is 56.5 Å². The van der Waals surface area contributed by atoms with Crippen molar-refractivity contribution in [3.05, 3.63) is 51.7 Å². The minimum atomic E-state index is -0.166. The van der Waals surface area contributed by atoms with Crippen LogP contribution in [0.15, 0.2) is 23.4 Å². The summed E-state index contributed by atoms with van der Waals surface area (Å²) in [5.41, 5.74) is 1.77. The van der Waals surface area contributed by atoms with E-state index in [1.807, 2.05) is 6.92 Å². The molecule has 1 amide bonds. The number of aromatic nitrogens is 4. The van der Waals surface area contributed by atoms with E-state index < -0.39 is 0 Å². The molecule has 1 atom stereocenters. The second-order valence-corrected chi connectivity index (χ2v) is 6.10. The van der Waals surface area contributed by atoms with Crippen LogP contribution in [0.1, 0.15) is 34.0 Å². The molecule has 2 aromatic heterocycles. The van der Waals surface area contributed by atoms with Crippen LogP contribution in [0.5, 0.6) is 0 Å². The third-order valence-corrected chi connectivity index (χ3v) is 4.21. The molecule has 1 aliphatic heterocycles. The number of morpholine rings is 1. The molecular weight excluding hydrogens is 322 g/mol. The van der Waals surface area contributed by atoms with Gasteiger partial charge in [0.15, 0.2) is 0 Å². The van der Waals surface area contributed by atoms with Gasteiger partial charge in [0, 0.05) is 31.0 Å². The molecule has 0 aliphatic carbocycles. The molecule has 0 spiro atoms. The molecule has 1 N–H and O–H groups in total. The van der Waals surface area contributed by atoms with Crippen molar-refractivity contribution in [2.24, 2.45) is 0 Å². The van der Waals surface area contributed by atoms with E-state index in [2.05, 4.69) is 19.9 Å². The van der Waals surface area contributed by atoms with Gasteiger partial charge in [0.2, 0.25) is 0 Å². The largest absolute Gasteiger partial charge is 0.375 e. The summed E-state index contributed by atoms with van der Waals surface area (Å²) >= 11 is 0. The summed E-state index contributed by atoms with van der Waals surface area (Å²) in [5, 5.41) is 0. The first-order chi connectivity index (χ1) is 12.0. The molecule has 1 aliphatic rings. The lowest BCUT2D eigenvalue weighted by molar-refractivity contribution is -0.0247. The number of aryl methyl sites for hydroxylation is 3. The van der Waals surface area contributed by atoms with Crippen LogP contribution < -0.4 is 5.56 Å². The highest BCUT2D eigenvalue weighted by atomic mass is 16.5. The standard InChI is InChI=1S/C17H21N5O3/c1-11-15(8-18-12(2)21-11)17(24)22-5-6-25-14(9-22)4-3-13-7-16(23)20-10-19-13/h7-8,10,14H,3-6,9H2,1-2H3,(H,19,20,23). The molecule has 1 unspecified atom stereocenters. The highest BCUT2D eigenvalue weighted by Crippen LogP contribution is 2.15. The van der Waals surface area contributed by atoms with Crippen molar-refractivity contribution in [2.75, 3.05) is 19.7 Å². The Morgan fingerprint density at radius 3 is 3.00 bits per heavy atom. The van der Waals surface area contributed by atoms with Crippen molar-refractivity contribution in [1.82, 2.24) is 24.8 Å². The van der Waals surface area contributed by atoms with Crippen molar-refractivity contribution < 1.29 is 9.53 Å². The molecule has 0 bridgehead atoms. The van der Waals surface area contributed by atoms with E-state index >= 15 is 0 Å². The molecular formula is C17H21N5O3. The summed E-state index contributed by atoms with van der Waals surface area (Å²) < 4.78 is 5.76. The number of nitrogens with zero attached hydrogens (tertiary/aromatic N) is 4. The number of hydrogen-bond donors (Lipinski definition) is 1. The number of carbonyl (C=O) groups excluding carboxylic acids is 1. The third kappa shape index (κ3) is 4.27. The summed E-state index contributed by atoms with van der Waals surface area (Å²) in [5.74, 6) is 0.583. The molecule has 132 valence electrons. The second-order valence-electron chi connectivity index (χ2n) is 6.10. The maximum atomic E-state index is 12.7. The van der Waals surface area contributed by atoms with E-state index in [1.165, 1.54) is 12.4 Å². The highest BCUT2D eigenvalue weighted by molar-refractivity contribution is 5.95. The van der Waals surface area contributed by atoms with Crippen molar-refractivity contribution >= 4 is 5.91 Å². The van der Waals surface area contributed by atoms with E-state index in [0.29, 0.717) is 49.6 Å². The van der Waals surface area contributed by atoms with Gasteiger partial charge < -0.3 is 14.6 Å². The first kappa shape index (κ1) is 17.2. The van der Waals surface area contributed by atoms with Crippen LogP contribution in [0.2, 0.25) is 0 Å². The van der Waals surface area contributed by atoms with E-state index in [4.69, 9.17) is 4.74 Å². The normalized spacial score (nSPS) is 17.5. The zero-order chi connectivity index (χ0) is 17.8. The van der Waals surface area contributed by atoms with E-state index in [0.717, 1.165) is 5.69 Å². The van der Waals surface area contributed by atoms with Gasteiger partial charge in [-0.05, 0) is 26.7 Å². The molecule has 3 rings (SSSR count). The van der Waals surface area contributed by atoms with Crippen molar-refractivity contribution in [3.63, 3.8) is 0 Å². The molecule has 8 heteroatoms. The van der Waals surface area contributed by atoms with Gasteiger partial charge in [0.05, 0.1) is 30.3 Å².